The van der Waals surface area contributed by atoms with Crippen molar-refractivity contribution in [3.63, 3.8) is 0 Å². The molecule has 1 aromatic heterocycles. The Morgan fingerprint density at radius 2 is 1.73 bits per heavy atom. The zero-order valence-electron chi connectivity index (χ0n) is 19.4. The van der Waals surface area contributed by atoms with Crippen LogP contribution in [0.15, 0.2) is 52.9 Å². The number of rotatable bonds is 7. The Hall–Kier alpha value is -3.68. The minimum atomic E-state index is -0.915. The third-order valence-electron chi connectivity index (χ3n) is 4.84. The van der Waals surface area contributed by atoms with Crippen LogP contribution in [0.5, 0.6) is 5.75 Å². The first-order chi connectivity index (χ1) is 15.6. The Labute approximate surface area is 192 Å². The molecule has 0 aliphatic heterocycles. The highest BCUT2D eigenvalue weighted by Gasteiger charge is 2.31. The summed E-state index contributed by atoms with van der Waals surface area (Å²) in [6.45, 7) is 8.88. The maximum absolute atomic E-state index is 13.1. The second-order valence-corrected chi connectivity index (χ2v) is 9.05. The van der Waals surface area contributed by atoms with Gasteiger partial charge in [0.1, 0.15) is 12.6 Å². The Balaban J connectivity index is 1.76. The quantitative estimate of drug-likeness (QED) is 0.308. The van der Waals surface area contributed by atoms with Gasteiger partial charge in [-0.1, -0.05) is 50.2 Å². The molecule has 0 spiro atoms. The number of ether oxygens (including phenoxy) is 2. The summed E-state index contributed by atoms with van der Waals surface area (Å²) in [6.07, 6.45) is -0.721. The number of nitrogens with zero attached hydrogens (tertiary/aromatic N) is 1. The third kappa shape index (κ3) is 5.97. The number of Topliss-reactive ketones (excluding diaryl/α,β-unsaturated/α-hetero) is 1. The van der Waals surface area contributed by atoms with Gasteiger partial charge < -0.3 is 19.2 Å². The van der Waals surface area contributed by atoms with Crippen molar-refractivity contribution in [2.45, 2.75) is 47.3 Å². The van der Waals surface area contributed by atoms with E-state index in [-0.39, 0.29) is 29.7 Å². The summed E-state index contributed by atoms with van der Waals surface area (Å²) in [6, 6.07) is 13.2. The van der Waals surface area contributed by atoms with Gasteiger partial charge >= 0.3 is 12.1 Å². The SMILES string of the molecule is CC(C)[C@H](NC(=O)OCc1ccccc1)C(=O)c1nc2c(OC(=O)C(C)(C)C)cccc2o1. The lowest BCUT2D eigenvalue weighted by Crippen LogP contribution is -2.44. The molecular weight excluding hydrogens is 424 g/mol. The number of ketones is 1. The van der Waals surface area contributed by atoms with Gasteiger partial charge in [0, 0.05) is 0 Å². The van der Waals surface area contributed by atoms with Crippen LogP contribution in [0.2, 0.25) is 0 Å². The number of fused-ring (bicyclic) bond motifs is 1. The van der Waals surface area contributed by atoms with E-state index in [0.29, 0.717) is 5.58 Å². The Morgan fingerprint density at radius 3 is 2.36 bits per heavy atom. The van der Waals surface area contributed by atoms with Crippen molar-refractivity contribution in [3.05, 3.63) is 60.0 Å². The second kappa shape index (κ2) is 9.85. The van der Waals surface area contributed by atoms with Crippen LogP contribution in [-0.2, 0) is 16.1 Å². The van der Waals surface area contributed by atoms with Gasteiger partial charge in [-0.2, -0.15) is 0 Å². The fraction of sp³-hybridized carbons (Fsp3) is 0.360. The van der Waals surface area contributed by atoms with Crippen LogP contribution in [0.4, 0.5) is 4.79 Å². The molecule has 3 rings (SSSR count). The smallest absolute Gasteiger partial charge is 0.408 e. The Kier molecular flexibility index (Phi) is 7.16. The number of alkyl carbamates (subject to hydrolysis) is 1. The van der Waals surface area contributed by atoms with E-state index in [1.807, 2.05) is 30.3 Å². The fourth-order valence-corrected chi connectivity index (χ4v) is 2.92. The van der Waals surface area contributed by atoms with Crippen LogP contribution in [0.1, 0.15) is 50.9 Å². The molecule has 2 aromatic carbocycles. The number of esters is 1. The van der Waals surface area contributed by atoms with E-state index in [0.717, 1.165) is 5.56 Å². The van der Waals surface area contributed by atoms with Gasteiger partial charge in [-0.05, 0) is 44.4 Å². The number of aromatic nitrogens is 1. The average molecular weight is 453 g/mol. The summed E-state index contributed by atoms with van der Waals surface area (Å²) >= 11 is 0. The minimum Gasteiger partial charge on any atom is -0.445 e. The molecule has 174 valence electrons. The van der Waals surface area contributed by atoms with Gasteiger partial charge in [-0.3, -0.25) is 9.59 Å². The summed E-state index contributed by atoms with van der Waals surface area (Å²) < 4.78 is 16.3. The van der Waals surface area contributed by atoms with Gasteiger partial charge in [-0.25, -0.2) is 9.78 Å². The number of nitrogens with one attached hydrogen (secondary N) is 1. The van der Waals surface area contributed by atoms with Crippen LogP contribution in [0, 0.1) is 11.3 Å². The molecule has 1 N–H and O–H groups in total. The molecule has 0 saturated heterocycles. The van der Waals surface area contributed by atoms with Crippen molar-refractivity contribution in [2.24, 2.45) is 11.3 Å². The van der Waals surface area contributed by atoms with E-state index < -0.39 is 29.3 Å². The zero-order valence-corrected chi connectivity index (χ0v) is 19.4. The highest BCUT2D eigenvalue weighted by Crippen LogP contribution is 2.29. The standard InChI is InChI=1S/C25H28N2O6/c1-15(2)19(27-24(30)31-14-16-10-7-6-8-11-16)21(28)22-26-20-17(32-22)12-9-13-18(20)33-23(29)25(3,4)5/h6-13,15,19H,14H2,1-5H3,(H,27,30)/t19-/m0/s1. The number of benzene rings is 2. The lowest BCUT2D eigenvalue weighted by molar-refractivity contribution is -0.142. The van der Waals surface area contributed by atoms with Gasteiger partial charge in [0.25, 0.3) is 5.89 Å². The number of para-hydroxylation sites is 1. The molecule has 0 aliphatic carbocycles. The molecule has 1 amide bonds. The summed E-state index contributed by atoms with van der Waals surface area (Å²) in [4.78, 5) is 42.0. The number of hydrogen-bond acceptors (Lipinski definition) is 7. The van der Waals surface area contributed by atoms with Gasteiger partial charge in [0.2, 0.25) is 5.78 Å². The zero-order chi connectivity index (χ0) is 24.2. The molecule has 1 atom stereocenters. The molecule has 0 unspecified atom stereocenters. The minimum absolute atomic E-state index is 0.0804. The largest absolute Gasteiger partial charge is 0.445 e. The van der Waals surface area contributed by atoms with Crippen molar-refractivity contribution in [1.82, 2.24) is 10.3 Å². The van der Waals surface area contributed by atoms with E-state index in [1.54, 1.807) is 52.8 Å². The predicted octanol–water partition coefficient (Wildman–Crippen LogP) is 4.91. The van der Waals surface area contributed by atoms with Crippen LogP contribution >= 0.6 is 0 Å². The molecule has 0 bridgehead atoms. The Morgan fingerprint density at radius 1 is 1.03 bits per heavy atom. The van der Waals surface area contributed by atoms with Crippen molar-refractivity contribution < 1.29 is 28.3 Å². The monoisotopic (exact) mass is 452 g/mol. The number of oxazole rings is 1. The van der Waals surface area contributed by atoms with Crippen molar-refractivity contribution in [3.8, 4) is 5.75 Å². The molecule has 0 aliphatic rings. The van der Waals surface area contributed by atoms with E-state index in [4.69, 9.17) is 13.9 Å². The Bertz CT molecular complexity index is 1140. The highest BCUT2D eigenvalue weighted by molar-refractivity contribution is 6.00. The molecule has 0 fully saturated rings. The molecule has 1 heterocycles. The van der Waals surface area contributed by atoms with Gasteiger partial charge in [-0.15, -0.1) is 0 Å². The van der Waals surface area contributed by atoms with Crippen LogP contribution in [-0.4, -0.2) is 28.9 Å². The molecule has 8 nitrogen and oxygen atoms in total. The number of amides is 1. The van der Waals surface area contributed by atoms with Crippen LogP contribution in [0.25, 0.3) is 11.1 Å². The van der Waals surface area contributed by atoms with Crippen LogP contribution in [0.3, 0.4) is 0 Å². The first-order valence-corrected chi connectivity index (χ1v) is 10.7. The fourth-order valence-electron chi connectivity index (χ4n) is 2.92. The summed E-state index contributed by atoms with van der Waals surface area (Å²) in [7, 11) is 0. The normalized spacial score (nSPS) is 12.4. The van der Waals surface area contributed by atoms with E-state index in [9.17, 15) is 14.4 Å². The lowest BCUT2D eigenvalue weighted by atomic mass is 9.97. The van der Waals surface area contributed by atoms with Crippen molar-refractivity contribution >= 4 is 28.9 Å². The van der Waals surface area contributed by atoms with Crippen LogP contribution < -0.4 is 10.1 Å². The van der Waals surface area contributed by atoms with E-state index >= 15 is 0 Å². The summed E-state index contributed by atoms with van der Waals surface area (Å²) in [5.74, 6) is -1.19. The molecule has 33 heavy (non-hydrogen) atoms. The maximum Gasteiger partial charge on any atom is 0.408 e. The second-order valence-electron chi connectivity index (χ2n) is 9.05. The molecule has 3 aromatic rings. The number of hydrogen-bond donors (Lipinski definition) is 1. The van der Waals surface area contributed by atoms with Gasteiger partial charge in [0.15, 0.2) is 16.8 Å². The molecule has 0 saturated carbocycles. The predicted molar refractivity (Wildman–Crippen MR) is 122 cm³/mol. The highest BCUT2D eigenvalue weighted by atomic mass is 16.5. The van der Waals surface area contributed by atoms with E-state index in [2.05, 4.69) is 10.3 Å². The average Bonchev–Trinajstić information content (AvgIpc) is 3.21. The topological polar surface area (TPSA) is 108 Å². The molecule has 0 radical (unpaired) electrons. The maximum atomic E-state index is 13.1. The molecular formula is C25H28N2O6. The first-order valence-electron chi connectivity index (χ1n) is 10.7. The van der Waals surface area contributed by atoms with Crippen molar-refractivity contribution in [2.75, 3.05) is 0 Å². The third-order valence-corrected chi connectivity index (χ3v) is 4.84. The van der Waals surface area contributed by atoms with Gasteiger partial charge in [0.05, 0.1) is 5.41 Å². The summed E-state index contributed by atoms with van der Waals surface area (Å²) in [5, 5.41) is 2.60. The summed E-state index contributed by atoms with van der Waals surface area (Å²) in [5.41, 5.74) is 0.674. The molecule has 8 heteroatoms. The number of carbonyl (C=O) groups excluding carboxylic acids is 3. The lowest BCUT2D eigenvalue weighted by Gasteiger charge is -2.19. The first kappa shape index (κ1) is 24.0. The van der Waals surface area contributed by atoms with E-state index in [1.165, 1.54) is 0 Å². The van der Waals surface area contributed by atoms with Crippen molar-refractivity contribution in [1.29, 1.82) is 0 Å². The number of carbonyl (C=O) groups is 3.